The minimum absolute atomic E-state index is 0.160. The van der Waals surface area contributed by atoms with Crippen molar-refractivity contribution < 1.29 is 24.2 Å². The highest BCUT2D eigenvalue weighted by Crippen LogP contribution is 2.24. The van der Waals surface area contributed by atoms with Gasteiger partial charge in [0.05, 0.1) is 12.7 Å². The molecule has 0 saturated carbocycles. The van der Waals surface area contributed by atoms with Crippen molar-refractivity contribution in [1.82, 2.24) is 0 Å². The van der Waals surface area contributed by atoms with Gasteiger partial charge >= 0.3 is 5.97 Å². The number of carboxylic acids is 1. The molecule has 0 saturated heterocycles. The highest BCUT2D eigenvalue weighted by Gasteiger charge is 2.08. The average Bonchev–Trinajstić information content (AvgIpc) is 2.69. The van der Waals surface area contributed by atoms with Crippen LogP contribution in [0.2, 0.25) is 0 Å². The first-order valence-corrected chi connectivity index (χ1v) is 8.12. The number of benzene rings is 3. The summed E-state index contributed by atoms with van der Waals surface area (Å²) in [5.74, 6) is 0.689. The molecule has 1 amide bonds. The van der Waals surface area contributed by atoms with E-state index in [0.717, 1.165) is 5.75 Å². The fourth-order valence-corrected chi connectivity index (χ4v) is 2.35. The Morgan fingerprint density at radius 1 is 0.741 bits per heavy atom. The molecule has 3 aromatic carbocycles. The Balaban J connectivity index is 1.63. The number of hydrogen-bond acceptors (Lipinski definition) is 4. The van der Waals surface area contributed by atoms with Crippen LogP contribution < -0.4 is 14.8 Å². The molecule has 0 atom stereocenters. The summed E-state index contributed by atoms with van der Waals surface area (Å²) in [7, 11) is 1.60. The summed E-state index contributed by atoms with van der Waals surface area (Å²) in [5.41, 5.74) is 1.14. The second-order valence-corrected chi connectivity index (χ2v) is 5.64. The second-order valence-electron chi connectivity index (χ2n) is 5.64. The summed E-state index contributed by atoms with van der Waals surface area (Å²) in [5, 5.41) is 11.6. The Bertz CT molecular complexity index is 932. The third kappa shape index (κ3) is 4.64. The minimum atomic E-state index is -1.01. The van der Waals surface area contributed by atoms with E-state index in [2.05, 4.69) is 5.32 Å². The third-order valence-electron chi connectivity index (χ3n) is 3.80. The molecule has 0 aromatic heterocycles. The van der Waals surface area contributed by atoms with Gasteiger partial charge < -0.3 is 19.9 Å². The number of anilines is 1. The molecule has 3 rings (SSSR count). The number of carbonyl (C=O) groups is 2. The van der Waals surface area contributed by atoms with Crippen molar-refractivity contribution in [2.45, 2.75) is 0 Å². The van der Waals surface area contributed by atoms with Crippen molar-refractivity contribution in [1.29, 1.82) is 0 Å². The Morgan fingerprint density at radius 3 is 1.74 bits per heavy atom. The number of carbonyl (C=O) groups excluding carboxylic acids is 1. The molecular weight excluding hydrogens is 346 g/mol. The van der Waals surface area contributed by atoms with Gasteiger partial charge in [-0.05, 0) is 72.8 Å². The monoisotopic (exact) mass is 363 g/mol. The van der Waals surface area contributed by atoms with E-state index in [1.807, 2.05) is 0 Å². The lowest BCUT2D eigenvalue weighted by atomic mass is 10.1. The van der Waals surface area contributed by atoms with Crippen molar-refractivity contribution in [3.63, 3.8) is 0 Å². The number of methoxy groups -OCH3 is 1. The van der Waals surface area contributed by atoms with Crippen molar-refractivity contribution in [3.8, 4) is 17.2 Å². The number of ether oxygens (including phenoxy) is 2. The van der Waals surface area contributed by atoms with Crippen LogP contribution in [-0.2, 0) is 0 Å². The van der Waals surface area contributed by atoms with E-state index in [9.17, 15) is 9.59 Å². The van der Waals surface area contributed by atoms with Gasteiger partial charge in [0.25, 0.3) is 5.91 Å². The van der Waals surface area contributed by atoms with Crippen LogP contribution in [0.15, 0.2) is 72.8 Å². The number of nitrogens with one attached hydrogen (secondary N) is 1. The summed E-state index contributed by atoms with van der Waals surface area (Å²) in [6.07, 6.45) is 0. The third-order valence-corrected chi connectivity index (χ3v) is 3.80. The molecule has 136 valence electrons. The Morgan fingerprint density at radius 2 is 1.22 bits per heavy atom. The molecule has 0 aliphatic carbocycles. The molecule has 0 aliphatic heterocycles. The quantitative estimate of drug-likeness (QED) is 0.676. The molecule has 2 N–H and O–H groups in total. The van der Waals surface area contributed by atoms with Crippen molar-refractivity contribution in [2.24, 2.45) is 0 Å². The van der Waals surface area contributed by atoms with Crippen LogP contribution in [0.4, 0.5) is 5.69 Å². The zero-order chi connectivity index (χ0) is 19.2. The topological polar surface area (TPSA) is 84.9 Å². The van der Waals surface area contributed by atoms with Crippen molar-refractivity contribution in [3.05, 3.63) is 83.9 Å². The van der Waals surface area contributed by atoms with E-state index in [1.54, 1.807) is 67.8 Å². The van der Waals surface area contributed by atoms with Gasteiger partial charge in [-0.25, -0.2) is 4.79 Å². The second kappa shape index (κ2) is 8.05. The largest absolute Gasteiger partial charge is 0.497 e. The van der Waals surface area contributed by atoms with Gasteiger partial charge in [0.2, 0.25) is 0 Å². The van der Waals surface area contributed by atoms with Gasteiger partial charge in [-0.2, -0.15) is 0 Å². The Hall–Kier alpha value is -3.80. The summed E-state index contributed by atoms with van der Waals surface area (Å²) in [6, 6.07) is 19.8. The smallest absolute Gasteiger partial charge is 0.335 e. The van der Waals surface area contributed by atoms with Crippen LogP contribution in [-0.4, -0.2) is 24.1 Å². The number of rotatable bonds is 6. The van der Waals surface area contributed by atoms with Crippen LogP contribution in [0.3, 0.4) is 0 Å². The zero-order valence-corrected chi connectivity index (χ0v) is 14.5. The fourth-order valence-electron chi connectivity index (χ4n) is 2.35. The number of hydrogen-bond donors (Lipinski definition) is 2. The first-order valence-electron chi connectivity index (χ1n) is 8.12. The molecule has 0 spiro atoms. The van der Waals surface area contributed by atoms with E-state index < -0.39 is 5.97 Å². The predicted molar refractivity (Wildman–Crippen MR) is 101 cm³/mol. The average molecular weight is 363 g/mol. The first-order chi connectivity index (χ1) is 13.0. The van der Waals surface area contributed by atoms with Crippen LogP contribution in [0.1, 0.15) is 20.7 Å². The summed E-state index contributed by atoms with van der Waals surface area (Å²) in [6.45, 7) is 0. The van der Waals surface area contributed by atoms with Gasteiger partial charge in [-0.3, -0.25) is 4.79 Å². The van der Waals surface area contributed by atoms with Gasteiger partial charge in [0, 0.05) is 11.3 Å². The van der Waals surface area contributed by atoms with Crippen molar-refractivity contribution in [2.75, 3.05) is 12.4 Å². The molecule has 0 fully saturated rings. The number of amides is 1. The van der Waals surface area contributed by atoms with Gasteiger partial charge in [-0.1, -0.05) is 0 Å². The van der Waals surface area contributed by atoms with E-state index in [1.165, 1.54) is 12.1 Å². The Kier molecular flexibility index (Phi) is 5.37. The summed E-state index contributed by atoms with van der Waals surface area (Å²) < 4.78 is 10.8. The molecule has 0 aliphatic rings. The first kappa shape index (κ1) is 18.0. The highest BCUT2D eigenvalue weighted by atomic mass is 16.5. The molecule has 6 nitrogen and oxygen atoms in total. The fraction of sp³-hybridized carbons (Fsp3) is 0.0476. The number of carboxylic acid groups (broad SMARTS) is 1. The van der Waals surface area contributed by atoms with Crippen LogP contribution >= 0.6 is 0 Å². The molecular formula is C21H17NO5. The molecule has 0 heterocycles. The lowest BCUT2D eigenvalue weighted by molar-refractivity contribution is 0.0696. The van der Waals surface area contributed by atoms with Gasteiger partial charge in [0.15, 0.2) is 0 Å². The normalized spacial score (nSPS) is 10.1. The van der Waals surface area contributed by atoms with E-state index in [-0.39, 0.29) is 11.5 Å². The maximum atomic E-state index is 12.3. The number of aromatic carboxylic acids is 1. The summed E-state index contributed by atoms with van der Waals surface area (Å²) >= 11 is 0. The predicted octanol–water partition coefficient (Wildman–Crippen LogP) is 4.44. The van der Waals surface area contributed by atoms with Gasteiger partial charge in [-0.15, -0.1) is 0 Å². The van der Waals surface area contributed by atoms with Crippen LogP contribution in [0, 0.1) is 0 Å². The lowest BCUT2D eigenvalue weighted by Gasteiger charge is -2.08. The van der Waals surface area contributed by atoms with E-state index in [4.69, 9.17) is 14.6 Å². The Labute approximate surface area is 156 Å². The minimum Gasteiger partial charge on any atom is -0.497 e. The van der Waals surface area contributed by atoms with E-state index >= 15 is 0 Å². The SMILES string of the molecule is COc1ccc(Oc2ccc(C(=O)Nc3ccc(C(=O)O)cc3)cc2)cc1. The molecule has 6 heteroatoms. The standard InChI is InChI=1S/C21H17NO5/c1-26-17-10-12-19(13-11-17)27-18-8-4-14(5-9-18)20(23)22-16-6-2-15(3-7-16)21(24)25/h2-13H,1H3,(H,22,23)(H,24,25). The summed E-state index contributed by atoms with van der Waals surface area (Å²) in [4.78, 5) is 23.1. The molecule has 27 heavy (non-hydrogen) atoms. The highest BCUT2D eigenvalue weighted by molar-refractivity contribution is 6.04. The molecule has 3 aromatic rings. The lowest BCUT2D eigenvalue weighted by Crippen LogP contribution is -2.11. The van der Waals surface area contributed by atoms with Crippen LogP contribution in [0.25, 0.3) is 0 Å². The molecule has 0 unspecified atom stereocenters. The maximum absolute atomic E-state index is 12.3. The zero-order valence-electron chi connectivity index (χ0n) is 14.5. The van der Waals surface area contributed by atoms with E-state index in [0.29, 0.717) is 22.7 Å². The van der Waals surface area contributed by atoms with Crippen LogP contribution in [0.5, 0.6) is 17.2 Å². The molecule has 0 bridgehead atoms. The maximum Gasteiger partial charge on any atom is 0.335 e. The van der Waals surface area contributed by atoms with Crippen molar-refractivity contribution >= 4 is 17.6 Å². The van der Waals surface area contributed by atoms with Gasteiger partial charge in [0.1, 0.15) is 17.2 Å². The molecule has 0 radical (unpaired) electrons.